The van der Waals surface area contributed by atoms with Gasteiger partial charge in [0.15, 0.2) is 0 Å². The smallest absolute Gasteiger partial charge is 0.136 e. The minimum absolute atomic E-state index is 0.912. The lowest BCUT2D eigenvalue weighted by Crippen LogP contribution is -1.92. The van der Waals surface area contributed by atoms with Crippen LogP contribution in [0.1, 0.15) is 0 Å². The zero-order chi connectivity index (χ0) is 32.1. The second-order valence-electron chi connectivity index (χ2n) is 13.2. The number of benzene rings is 10. The summed E-state index contributed by atoms with van der Waals surface area (Å²) < 4.78 is 6.55. The average molecular weight is 621 g/mol. The predicted molar refractivity (Wildman–Crippen MR) is 210 cm³/mol. The van der Waals surface area contributed by atoms with Crippen LogP contribution in [0.25, 0.3) is 109 Å². The highest BCUT2D eigenvalue weighted by atomic mass is 16.3. The number of fused-ring (bicyclic) bond motifs is 11. The lowest BCUT2D eigenvalue weighted by molar-refractivity contribution is 0.669. The van der Waals surface area contributed by atoms with E-state index >= 15 is 0 Å². The summed E-state index contributed by atoms with van der Waals surface area (Å²) in [4.78, 5) is 0. The fourth-order valence-electron chi connectivity index (χ4n) is 8.43. The van der Waals surface area contributed by atoms with Crippen LogP contribution in [-0.2, 0) is 0 Å². The van der Waals surface area contributed by atoms with Gasteiger partial charge in [0, 0.05) is 10.8 Å². The highest BCUT2D eigenvalue weighted by Crippen LogP contribution is 2.47. The monoisotopic (exact) mass is 620 g/mol. The molecule has 11 aromatic rings. The molecule has 0 unspecified atom stereocenters. The molecule has 11 rings (SSSR count). The first-order valence-corrected chi connectivity index (χ1v) is 16.9. The van der Waals surface area contributed by atoms with Crippen molar-refractivity contribution < 1.29 is 4.42 Å². The molecule has 0 saturated heterocycles. The van der Waals surface area contributed by atoms with Crippen molar-refractivity contribution in [3.63, 3.8) is 0 Å². The molecule has 1 heteroatoms. The van der Waals surface area contributed by atoms with Gasteiger partial charge in [0.05, 0.1) is 0 Å². The van der Waals surface area contributed by atoms with E-state index in [0.29, 0.717) is 0 Å². The minimum Gasteiger partial charge on any atom is -0.456 e. The van der Waals surface area contributed by atoms with Gasteiger partial charge in [-0.15, -0.1) is 0 Å². The molecule has 0 N–H and O–H groups in total. The normalized spacial score (nSPS) is 12.1. The molecule has 1 heterocycles. The van der Waals surface area contributed by atoms with Crippen molar-refractivity contribution >= 4 is 86.6 Å². The second kappa shape index (κ2) is 10.0. The van der Waals surface area contributed by atoms with Crippen LogP contribution < -0.4 is 0 Å². The van der Waals surface area contributed by atoms with Crippen LogP contribution in [0.5, 0.6) is 0 Å². The van der Waals surface area contributed by atoms with E-state index in [-0.39, 0.29) is 0 Å². The van der Waals surface area contributed by atoms with Crippen molar-refractivity contribution in [2.75, 3.05) is 0 Å². The largest absolute Gasteiger partial charge is 0.456 e. The Morgan fingerprint density at radius 3 is 1.63 bits per heavy atom. The lowest BCUT2D eigenvalue weighted by Gasteiger charge is -2.19. The molecular formula is C48H28O. The third kappa shape index (κ3) is 3.82. The van der Waals surface area contributed by atoms with Gasteiger partial charge in [0.1, 0.15) is 11.2 Å². The van der Waals surface area contributed by atoms with Gasteiger partial charge >= 0.3 is 0 Å². The molecule has 0 spiro atoms. The maximum atomic E-state index is 6.55. The molecule has 0 aliphatic rings. The highest BCUT2D eigenvalue weighted by molar-refractivity contribution is 6.26. The highest BCUT2D eigenvalue weighted by Gasteiger charge is 2.20. The summed E-state index contributed by atoms with van der Waals surface area (Å²) in [5.74, 6) is 0. The first-order chi connectivity index (χ1) is 24.3. The van der Waals surface area contributed by atoms with E-state index in [0.717, 1.165) is 22.1 Å². The molecule has 226 valence electrons. The first-order valence-electron chi connectivity index (χ1n) is 16.9. The number of hydrogen-bond donors (Lipinski definition) is 0. The molecule has 0 bridgehead atoms. The summed E-state index contributed by atoms with van der Waals surface area (Å²) in [6.07, 6.45) is 0. The lowest BCUT2D eigenvalue weighted by atomic mass is 9.84. The van der Waals surface area contributed by atoms with Gasteiger partial charge < -0.3 is 4.42 Å². The molecule has 0 fully saturated rings. The molecule has 1 aromatic heterocycles. The van der Waals surface area contributed by atoms with Crippen molar-refractivity contribution in [3.8, 4) is 22.3 Å². The van der Waals surface area contributed by atoms with E-state index in [4.69, 9.17) is 4.42 Å². The van der Waals surface area contributed by atoms with Crippen molar-refractivity contribution in [1.29, 1.82) is 0 Å². The topological polar surface area (TPSA) is 13.1 Å². The van der Waals surface area contributed by atoms with E-state index < -0.39 is 0 Å². The summed E-state index contributed by atoms with van der Waals surface area (Å²) in [6, 6.07) is 62.1. The number of rotatable bonds is 2. The molecule has 10 aromatic carbocycles. The van der Waals surface area contributed by atoms with Crippen LogP contribution in [0.3, 0.4) is 0 Å². The van der Waals surface area contributed by atoms with Gasteiger partial charge in [-0.1, -0.05) is 140 Å². The van der Waals surface area contributed by atoms with E-state index in [1.54, 1.807) is 0 Å². The van der Waals surface area contributed by atoms with Crippen LogP contribution in [-0.4, -0.2) is 0 Å². The zero-order valence-corrected chi connectivity index (χ0v) is 26.6. The Labute approximate surface area is 282 Å². The Bertz CT molecular complexity index is 3100. The molecule has 49 heavy (non-hydrogen) atoms. The molecule has 0 saturated carbocycles. The summed E-state index contributed by atoms with van der Waals surface area (Å²) >= 11 is 0. The Hall–Kier alpha value is -6.44. The van der Waals surface area contributed by atoms with E-state index in [9.17, 15) is 0 Å². The fourth-order valence-corrected chi connectivity index (χ4v) is 8.43. The number of furan rings is 1. The molecular weight excluding hydrogens is 593 g/mol. The molecule has 0 amide bonds. The van der Waals surface area contributed by atoms with Crippen LogP contribution in [0, 0.1) is 0 Å². The van der Waals surface area contributed by atoms with Gasteiger partial charge in [0.2, 0.25) is 0 Å². The Morgan fingerprint density at radius 2 is 0.878 bits per heavy atom. The second-order valence-corrected chi connectivity index (χ2v) is 13.2. The molecule has 1 nitrogen and oxygen atoms in total. The van der Waals surface area contributed by atoms with Crippen LogP contribution in [0.15, 0.2) is 174 Å². The van der Waals surface area contributed by atoms with Gasteiger partial charge in [-0.05, 0) is 117 Å². The fraction of sp³-hybridized carbons (Fsp3) is 0. The zero-order valence-electron chi connectivity index (χ0n) is 26.6. The Balaban J connectivity index is 1.20. The standard InChI is InChI=1S/C48H28O/c1-2-12-31-27-43-32(26-30(31)11-1)20-23-36-35(43)18-9-19-37(36)47-40-16-7-5-14-38(40)46(39-15-6-8-17-41(39)47)33-21-24-42-45(28-33)49-44-25-22-29-10-3-4-13-34(29)48(42)44/h1-28H. The third-order valence-corrected chi connectivity index (χ3v) is 10.6. The summed E-state index contributed by atoms with van der Waals surface area (Å²) in [5.41, 5.74) is 6.76. The predicted octanol–water partition coefficient (Wildman–Crippen LogP) is 13.8. The van der Waals surface area contributed by atoms with E-state index in [1.165, 1.54) is 86.7 Å². The number of hydrogen-bond acceptors (Lipinski definition) is 1. The minimum atomic E-state index is 0.912. The molecule has 0 radical (unpaired) electrons. The molecule has 0 aliphatic carbocycles. The van der Waals surface area contributed by atoms with Gasteiger partial charge in [-0.3, -0.25) is 0 Å². The van der Waals surface area contributed by atoms with Crippen LogP contribution >= 0.6 is 0 Å². The maximum absolute atomic E-state index is 6.55. The average Bonchev–Trinajstić information content (AvgIpc) is 3.54. The summed E-state index contributed by atoms with van der Waals surface area (Å²) in [5, 5.41) is 17.4. The van der Waals surface area contributed by atoms with Crippen LogP contribution in [0.4, 0.5) is 0 Å². The molecule has 0 aliphatic heterocycles. The van der Waals surface area contributed by atoms with Crippen molar-refractivity contribution in [2.45, 2.75) is 0 Å². The first kappa shape index (κ1) is 26.6. The van der Waals surface area contributed by atoms with E-state index in [1.807, 2.05) is 0 Å². The third-order valence-electron chi connectivity index (χ3n) is 10.6. The van der Waals surface area contributed by atoms with E-state index in [2.05, 4.69) is 170 Å². The van der Waals surface area contributed by atoms with Gasteiger partial charge in [-0.2, -0.15) is 0 Å². The maximum Gasteiger partial charge on any atom is 0.136 e. The van der Waals surface area contributed by atoms with Gasteiger partial charge in [-0.25, -0.2) is 0 Å². The van der Waals surface area contributed by atoms with Crippen molar-refractivity contribution in [3.05, 3.63) is 170 Å². The van der Waals surface area contributed by atoms with Crippen molar-refractivity contribution in [1.82, 2.24) is 0 Å². The van der Waals surface area contributed by atoms with Crippen LogP contribution in [0.2, 0.25) is 0 Å². The Kier molecular flexibility index (Phi) is 5.45. The Morgan fingerprint density at radius 1 is 0.286 bits per heavy atom. The van der Waals surface area contributed by atoms with Crippen molar-refractivity contribution in [2.24, 2.45) is 0 Å². The SMILES string of the molecule is c1ccc2cc3c(ccc4c(-c5c6ccccc6c(-c6ccc7c(c6)oc6ccc8ccccc8c67)c6ccccc56)cccc43)cc2c1. The summed E-state index contributed by atoms with van der Waals surface area (Å²) in [6.45, 7) is 0. The summed E-state index contributed by atoms with van der Waals surface area (Å²) in [7, 11) is 0. The molecule has 0 atom stereocenters. The quantitative estimate of drug-likeness (QED) is 0.138. The van der Waals surface area contributed by atoms with Gasteiger partial charge in [0.25, 0.3) is 0 Å².